The fourth-order valence-electron chi connectivity index (χ4n) is 2.76. The Morgan fingerprint density at radius 1 is 1.47 bits per heavy atom. The zero-order valence-electron chi connectivity index (χ0n) is 10.7. The zero-order chi connectivity index (χ0) is 12.1. The van der Waals surface area contributed by atoms with Crippen LogP contribution in [0.1, 0.15) is 39.0 Å². The molecule has 2 atom stereocenters. The SMILES string of the molecule is CCOC1CCCN(C(=O)CC2C=CCC2)C1. The molecule has 0 saturated carbocycles. The second-order valence-corrected chi connectivity index (χ2v) is 5.03. The molecule has 0 N–H and O–H groups in total. The van der Waals surface area contributed by atoms with Crippen molar-refractivity contribution in [1.82, 2.24) is 4.90 Å². The van der Waals surface area contributed by atoms with Crippen LogP contribution < -0.4 is 0 Å². The van der Waals surface area contributed by atoms with Crippen molar-refractivity contribution >= 4 is 5.91 Å². The van der Waals surface area contributed by atoms with Crippen molar-refractivity contribution in [2.24, 2.45) is 5.92 Å². The first-order valence-electron chi connectivity index (χ1n) is 6.85. The van der Waals surface area contributed by atoms with Crippen LogP contribution in [0, 0.1) is 5.92 Å². The van der Waals surface area contributed by atoms with Crippen LogP contribution in [0.5, 0.6) is 0 Å². The number of nitrogens with zero attached hydrogens (tertiary/aromatic N) is 1. The maximum absolute atomic E-state index is 12.1. The molecule has 0 radical (unpaired) electrons. The van der Waals surface area contributed by atoms with Gasteiger partial charge in [0, 0.05) is 26.1 Å². The predicted molar refractivity (Wildman–Crippen MR) is 67.7 cm³/mol. The van der Waals surface area contributed by atoms with Crippen molar-refractivity contribution in [2.75, 3.05) is 19.7 Å². The molecule has 2 aliphatic rings. The lowest BCUT2D eigenvalue weighted by Crippen LogP contribution is -2.43. The number of piperidine rings is 1. The van der Waals surface area contributed by atoms with Crippen molar-refractivity contribution in [3.8, 4) is 0 Å². The maximum atomic E-state index is 12.1. The van der Waals surface area contributed by atoms with E-state index in [0.29, 0.717) is 18.2 Å². The Morgan fingerprint density at radius 2 is 2.35 bits per heavy atom. The molecule has 17 heavy (non-hydrogen) atoms. The van der Waals surface area contributed by atoms with Gasteiger partial charge in [-0.15, -0.1) is 0 Å². The minimum absolute atomic E-state index is 0.261. The molecule has 0 spiro atoms. The third kappa shape index (κ3) is 3.56. The van der Waals surface area contributed by atoms with E-state index < -0.39 is 0 Å². The normalized spacial score (nSPS) is 28.6. The van der Waals surface area contributed by atoms with Crippen LogP contribution in [0.15, 0.2) is 12.2 Å². The molecule has 0 aromatic carbocycles. The molecule has 1 heterocycles. The molecule has 1 saturated heterocycles. The van der Waals surface area contributed by atoms with Crippen LogP contribution in [-0.4, -0.2) is 36.6 Å². The lowest BCUT2D eigenvalue weighted by atomic mass is 10.0. The predicted octanol–water partition coefficient (Wildman–Crippen LogP) is 2.37. The zero-order valence-corrected chi connectivity index (χ0v) is 10.7. The Morgan fingerprint density at radius 3 is 3.06 bits per heavy atom. The summed E-state index contributed by atoms with van der Waals surface area (Å²) in [4.78, 5) is 14.1. The number of hydrogen-bond acceptors (Lipinski definition) is 2. The second kappa shape index (κ2) is 6.20. The van der Waals surface area contributed by atoms with Crippen molar-refractivity contribution in [1.29, 1.82) is 0 Å². The summed E-state index contributed by atoms with van der Waals surface area (Å²) in [5.74, 6) is 0.793. The van der Waals surface area contributed by atoms with Crippen LogP contribution >= 0.6 is 0 Å². The first-order valence-corrected chi connectivity index (χ1v) is 6.85. The number of allylic oxidation sites excluding steroid dienone is 2. The van der Waals surface area contributed by atoms with Gasteiger partial charge in [-0.1, -0.05) is 12.2 Å². The van der Waals surface area contributed by atoms with Gasteiger partial charge in [0.2, 0.25) is 5.91 Å². The first-order chi connectivity index (χ1) is 8.29. The van der Waals surface area contributed by atoms with Crippen molar-refractivity contribution in [2.45, 2.75) is 45.1 Å². The summed E-state index contributed by atoms with van der Waals surface area (Å²) < 4.78 is 5.63. The number of ether oxygens (including phenoxy) is 1. The summed E-state index contributed by atoms with van der Waals surface area (Å²) in [6, 6.07) is 0. The Labute approximate surface area is 104 Å². The Bertz CT molecular complexity index is 286. The largest absolute Gasteiger partial charge is 0.377 e. The van der Waals surface area contributed by atoms with E-state index in [9.17, 15) is 4.79 Å². The quantitative estimate of drug-likeness (QED) is 0.703. The number of carbonyl (C=O) groups is 1. The molecule has 0 bridgehead atoms. The molecular weight excluding hydrogens is 214 g/mol. The van der Waals surface area contributed by atoms with E-state index in [1.165, 1.54) is 0 Å². The summed E-state index contributed by atoms with van der Waals surface area (Å²) in [5.41, 5.74) is 0. The van der Waals surface area contributed by atoms with Gasteiger partial charge in [-0.05, 0) is 38.5 Å². The van der Waals surface area contributed by atoms with E-state index in [2.05, 4.69) is 12.2 Å². The monoisotopic (exact) mass is 237 g/mol. The number of amides is 1. The highest BCUT2D eigenvalue weighted by molar-refractivity contribution is 5.76. The first kappa shape index (κ1) is 12.6. The number of likely N-dealkylation sites (tertiary alicyclic amines) is 1. The minimum atomic E-state index is 0.261. The van der Waals surface area contributed by atoms with E-state index in [4.69, 9.17) is 4.74 Å². The molecule has 2 rings (SSSR count). The summed E-state index contributed by atoms with van der Waals surface area (Å²) in [6.07, 6.45) is 9.80. The Balaban J connectivity index is 1.79. The molecule has 1 aliphatic heterocycles. The fourth-order valence-corrected chi connectivity index (χ4v) is 2.76. The second-order valence-electron chi connectivity index (χ2n) is 5.03. The summed E-state index contributed by atoms with van der Waals surface area (Å²) in [6.45, 7) is 4.48. The van der Waals surface area contributed by atoms with Crippen LogP contribution in [0.3, 0.4) is 0 Å². The Kier molecular flexibility index (Phi) is 4.60. The molecule has 1 fully saturated rings. The standard InChI is InChI=1S/C14H23NO2/c1-2-17-13-8-5-9-15(11-13)14(16)10-12-6-3-4-7-12/h3,6,12-13H,2,4-5,7-11H2,1H3. The van der Waals surface area contributed by atoms with E-state index in [1.54, 1.807) is 0 Å². The van der Waals surface area contributed by atoms with E-state index in [1.807, 2.05) is 11.8 Å². The third-order valence-corrected chi connectivity index (χ3v) is 3.68. The van der Waals surface area contributed by atoms with Crippen molar-refractivity contribution in [3.05, 3.63) is 12.2 Å². The van der Waals surface area contributed by atoms with E-state index in [0.717, 1.165) is 45.4 Å². The van der Waals surface area contributed by atoms with Gasteiger partial charge in [0.15, 0.2) is 0 Å². The van der Waals surface area contributed by atoms with Crippen molar-refractivity contribution in [3.63, 3.8) is 0 Å². The topological polar surface area (TPSA) is 29.5 Å². The number of hydrogen-bond donors (Lipinski definition) is 0. The summed E-state index contributed by atoms with van der Waals surface area (Å²) in [7, 11) is 0. The summed E-state index contributed by atoms with van der Waals surface area (Å²) in [5, 5.41) is 0. The molecule has 1 aliphatic carbocycles. The maximum Gasteiger partial charge on any atom is 0.223 e. The lowest BCUT2D eigenvalue weighted by Gasteiger charge is -2.33. The molecule has 0 aromatic rings. The molecular formula is C14H23NO2. The van der Waals surface area contributed by atoms with Gasteiger partial charge in [0.1, 0.15) is 0 Å². The van der Waals surface area contributed by atoms with E-state index in [-0.39, 0.29) is 6.10 Å². The van der Waals surface area contributed by atoms with Crippen molar-refractivity contribution < 1.29 is 9.53 Å². The van der Waals surface area contributed by atoms with Crippen LogP contribution in [0.4, 0.5) is 0 Å². The van der Waals surface area contributed by atoms with Crippen LogP contribution in [-0.2, 0) is 9.53 Å². The average molecular weight is 237 g/mol. The number of rotatable bonds is 4. The highest BCUT2D eigenvalue weighted by Gasteiger charge is 2.25. The van der Waals surface area contributed by atoms with Crippen LogP contribution in [0.2, 0.25) is 0 Å². The highest BCUT2D eigenvalue weighted by Crippen LogP contribution is 2.22. The highest BCUT2D eigenvalue weighted by atomic mass is 16.5. The lowest BCUT2D eigenvalue weighted by molar-refractivity contribution is -0.135. The van der Waals surface area contributed by atoms with E-state index >= 15 is 0 Å². The van der Waals surface area contributed by atoms with Gasteiger partial charge in [-0.3, -0.25) is 4.79 Å². The molecule has 0 aromatic heterocycles. The molecule has 3 heteroatoms. The molecule has 1 amide bonds. The third-order valence-electron chi connectivity index (χ3n) is 3.68. The minimum Gasteiger partial charge on any atom is -0.377 e. The van der Waals surface area contributed by atoms with Gasteiger partial charge in [-0.25, -0.2) is 0 Å². The average Bonchev–Trinajstić information content (AvgIpc) is 2.83. The molecule has 3 nitrogen and oxygen atoms in total. The van der Waals surface area contributed by atoms with Gasteiger partial charge >= 0.3 is 0 Å². The Hall–Kier alpha value is -0.830. The smallest absolute Gasteiger partial charge is 0.223 e. The fraction of sp³-hybridized carbons (Fsp3) is 0.786. The molecule has 2 unspecified atom stereocenters. The van der Waals surface area contributed by atoms with Gasteiger partial charge in [0.05, 0.1) is 6.10 Å². The van der Waals surface area contributed by atoms with Gasteiger partial charge < -0.3 is 9.64 Å². The van der Waals surface area contributed by atoms with Crippen LogP contribution in [0.25, 0.3) is 0 Å². The summed E-state index contributed by atoms with van der Waals surface area (Å²) >= 11 is 0. The molecule has 96 valence electrons. The van der Waals surface area contributed by atoms with Gasteiger partial charge in [-0.2, -0.15) is 0 Å². The number of carbonyl (C=O) groups excluding carboxylic acids is 1. The van der Waals surface area contributed by atoms with Gasteiger partial charge in [0.25, 0.3) is 0 Å².